The molecule has 5 nitrogen and oxygen atoms in total. The second-order valence-electron chi connectivity index (χ2n) is 5.37. The van der Waals surface area contributed by atoms with Crippen molar-refractivity contribution in [3.8, 4) is 0 Å². The fourth-order valence-corrected chi connectivity index (χ4v) is 2.27. The number of hydrogen-bond acceptors (Lipinski definition) is 2. The summed E-state index contributed by atoms with van der Waals surface area (Å²) >= 11 is 3.34. The minimum atomic E-state index is -0.0859. The zero-order chi connectivity index (χ0) is 17.4. The van der Waals surface area contributed by atoms with E-state index >= 15 is 0 Å². The van der Waals surface area contributed by atoms with Gasteiger partial charge in [-0.2, -0.15) is 0 Å². The average molecular weight is 517 g/mol. The normalized spacial score (nSPS) is 10.7. The number of nitrogens with two attached hydrogens (primary N) is 1. The summed E-state index contributed by atoms with van der Waals surface area (Å²) in [5, 5.41) is 5.90. The third-order valence-corrected chi connectivity index (χ3v) is 3.86. The standard InChI is InChI=1S/C18H21BrN4O.HI/c1-13-3-9-16(10-4-13)23-18(20)22-12-2-11-21-17(24)14-5-7-15(19)8-6-14;/h3-10H,2,11-12H2,1H3,(H,21,24)(H3,20,22,23);1H. The number of guanidine groups is 1. The Bertz CT molecular complexity index is 702. The molecule has 0 aromatic heterocycles. The first-order valence-electron chi connectivity index (χ1n) is 7.72. The predicted molar refractivity (Wildman–Crippen MR) is 118 cm³/mol. The van der Waals surface area contributed by atoms with E-state index in [-0.39, 0.29) is 29.9 Å². The Labute approximate surface area is 173 Å². The van der Waals surface area contributed by atoms with Gasteiger partial charge in [-0.1, -0.05) is 33.6 Å². The van der Waals surface area contributed by atoms with Crippen molar-refractivity contribution in [1.29, 1.82) is 0 Å². The van der Waals surface area contributed by atoms with E-state index in [2.05, 4.69) is 31.6 Å². The van der Waals surface area contributed by atoms with Gasteiger partial charge in [0.05, 0.1) is 0 Å². The van der Waals surface area contributed by atoms with Gasteiger partial charge in [0.15, 0.2) is 5.96 Å². The molecule has 0 aliphatic rings. The maximum atomic E-state index is 11.9. The van der Waals surface area contributed by atoms with Gasteiger partial charge in [-0.15, -0.1) is 24.0 Å². The molecule has 4 N–H and O–H groups in total. The van der Waals surface area contributed by atoms with Crippen LogP contribution in [0.1, 0.15) is 22.3 Å². The molecule has 0 aliphatic carbocycles. The van der Waals surface area contributed by atoms with Crippen molar-refractivity contribution in [3.63, 3.8) is 0 Å². The molecule has 0 aliphatic heterocycles. The molecule has 2 aromatic carbocycles. The lowest BCUT2D eigenvalue weighted by atomic mass is 10.2. The number of aryl methyl sites for hydroxylation is 1. The molecule has 0 spiro atoms. The SMILES string of the molecule is Cc1ccc(NC(N)=NCCCNC(=O)c2ccc(Br)cc2)cc1.I. The number of nitrogens with zero attached hydrogens (tertiary/aromatic N) is 1. The molecule has 0 saturated carbocycles. The lowest BCUT2D eigenvalue weighted by Crippen LogP contribution is -2.26. The van der Waals surface area contributed by atoms with Gasteiger partial charge < -0.3 is 16.4 Å². The highest BCUT2D eigenvalue weighted by Crippen LogP contribution is 2.10. The smallest absolute Gasteiger partial charge is 0.251 e. The van der Waals surface area contributed by atoms with Gasteiger partial charge in [0, 0.05) is 28.8 Å². The van der Waals surface area contributed by atoms with Crippen LogP contribution in [0, 0.1) is 6.92 Å². The highest BCUT2D eigenvalue weighted by molar-refractivity contribution is 14.0. The molecule has 0 saturated heterocycles. The molecule has 0 atom stereocenters. The predicted octanol–water partition coefficient (Wildman–Crippen LogP) is 3.92. The topological polar surface area (TPSA) is 79.5 Å². The molecule has 0 radical (unpaired) electrons. The monoisotopic (exact) mass is 516 g/mol. The summed E-state index contributed by atoms with van der Waals surface area (Å²) in [6, 6.07) is 15.2. The number of benzene rings is 2. The van der Waals surface area contributed by atoms with Crippen LogP contribution in [0.5, 0.6) is 0 Å². The van der Waals surface area contributed by atoms with Crippen molar-refractivity contribution in [2.24, 2.45) is 10.7 Å². The Kier molecular flexibility index (Phi) is 9.51. The molecule has 2 aromatic rings. The number of carbonyl (C=O) groups excluding carboxylic acids is 1. The summed E-state index contributed by atoms with van der Waals surface area (Å²) in [6.45, 7) is 3.13. The van der Waals surface area contributed by atoms with Crippen LogP contribution in [0.25, 0.3) is 0 Å². The zero-order valence-electron chi connectivity index (χ0n) is 14.0. The van der Waals surface area contributed by atoms with Gasteiger partial charge >= 0.3 is 0 Å². The molecular weight excluding hydrogens is 495 g/mol. The van der Waals surface area contributed by atoms with Gasteiger partial charge in [0.1, 0.15) is 0 Å². The summed E-state index contributed by atoms with van der Waals surface area (Å²) < 4.78 is 0.949. The third-order valence-electron chi connectivity index (χ3n) is 3.33. The number of anilines is 1. The Morgan fingerprint density at radius 1 is 1.12 bits per heavy atom. The number of hydrogen-bond donors (Lipinski definition) is 3. The number of amides is 1. The second-order valence-corrected chi connectivity index (χ2v) is 6.29. The minimum absolute atomic E-state index is 0. The molecule has 1 amide bonds. The fourth-order valence-electron chi connectivity index (χ4n) is 2.01. The van der Waals surface area contributed by atoms with Gasteiger partial charge in [0.25, 0.3) is 5.91 Å². The molecule has 0 unspecified atom stereocenters. The molecule has 2 rings (SSSR count). The van der Waals surface area contributed by atoms with Crippen LogP contribution in [0.3, 0.4) is 0 Å². The Balaban J connectivity index is 0.00000312. The van der Waals surface area contributed by atoms with Crippen LogP contribution >= 0.6 is 39.9 Å². The quantitative estimate of drug-likeness (QED) is 0.235. The number of carbonyl (C=O) groups is 1. The van der Waals surface area contributed by atoms with E-state index < -0.39 is 0 Å². The summed E-state index contributed by atoms with van der Waals surface area (Å²) in [6.07, 6.45) is 0.721. The van der Waals surface area contributed by atoms with Crippen LogP contribution in [0.2, 0.25) is 0 Å². The third kappa shape index (κ3) is 7.87. The van der Waals surface area contributed by atoms with E-state index in [9.17, 15) is 4.79 Å². The first-order chi connectivity index (χ1) is 11.5. The summed E-state index contributed by atoms with van der Waals surface area (Å²) in [4.78, 5) is 16.2. The van der Waals surface area contributed by atoms with Crippen molar-refractivity contribution in [2.75, 3.05) is 18.4 Å². The summed E-state index contributed by atoms with van der Waals surface area (Å²) in [5.74, 6) is 0.287. The Morgan fingerprint density at radius 3 is 2.40 bits per heavy atom. The molecule has 134 valence electrons. The van der Waals surface area contributed by atoms with Gasteiger partial charge in [-0.3, -0.25) is 9.79 Å². The van der Waals surface area contributed by atoms with Gasteiger partial charge in [0.2, 0.25) is 0 Å². The first-order valence-corrected chi connectivity index (χ1v) is 8.51. The molecule has 0 heterocycles. The van der Waals surface area contributed by atoms with Crippen molar-refractivity contribution in [2.45, 2.75) is 13.3 Å². The van der Waals surface area contributed by atoms with Crippen molar-refractivity contribution < 1.29 is 4.79 Å². The van der Waals surface area contributed by atoms with Crippen LogP contribution in [0.4, 0.5) is 5.69 Å². The van der Waals surface area contributed by atoms with Crippen molar-refractivity contribution in [1.82, 2.24) is 5.32 Å². The first kappa shape index (κ1) is 21.4. The van der Waals surface area contributed by atoms with Gasteiger partial charge in [-0.05, 0) is 49.7 Å². The fraction of sp³-hybridized carbons (Fsp3) is 0.222. The van der Waals surface area contributed by atoms with Crippen LogP contribution in [0.15, 0.2) is 58.0 Å². The van der Waals surface area contributed by atoms with E-state index in [1.54, 1.807) is 12.1 Å². The molecule has 0 fully saturated rings. The Morgan fingerprint density at radius 2 is 1.76 bits per heavy atom. The highest BCUT2D eigenvalue weighted by atomic mass is 127. The number of aliphatic imine (C=N–C) groups is 1. The maximum Gasteiger partial charge on any atom is 0.251 e. The lowest BCUT2D eigenvalue weighted by Gasteiger charge is -2.07. The van der Waals surface area contributed by atoms with E-state index in [1.807, 2.05) is 43.3 Å². The number of halogens is 2. The zero-order valence-corrected chi connectivity index (χ0v) is 17.9. The molecule has 7 heteroatoms. The molecule has 0 bridgehead atoms. The molecule has 25 heavy (non-hydrogen) atoms. The van der Waals surface area contributed by atoms with Crippen LogP contribution in [-0.4, -0.2) is 25.0 Å². The largest absolute Gasteiger partial charge is 0.370 e. The minimum Gasteiger partial charge on any atom is -0.370 e. The molecular formula is C18H22BrIN4O. The van der Waals surface area contributed by atoms with Gasteiger partial charge in [-0.25, -0.2) is 0 Å². The average Bonchev–Trinajstić information content (AvgIpc) is 2.57. The van der Waals surface area contributed by atoms with E-state index in [4.69, 9.17) is 5.73 Å². The van der Waals surface area contributed by atoms with Crippen molar-refractivity contribution in [3.05, 3.63) is 64.1 Å². The van der Waals surface area contributed by atoms with E-state index in [0.29, 0.717) is 24.6 Å². The van der Waals surface area contributed by atoms with Crippen molar-refractivity contribution >= 4 is 57.5 Å². The summed E-state index contributed by atoms with van der Waals surface area (Å²) in [7, 11) is 0. The Hall–Kier alpha value is -1.61. The van der Waals surface area contributed by atoms with Crippen LogP contribution < -0.4 is 16.4 Å². The van der Waals surface area contributed by atoms with E-state index in [0.717, 1.165) is 16.6 Å². The maximum absolute atomic E-state index is 11.9. The lowest BCUT2D eigenvalue weighted by molar-refractivity contribution is 0.0953. The van der Waals surface area contributed by atoms with Crippen LogP contribution in [-0.2, 0) is 0 Å². The second kappa shape index (κ2) is 11.1. The van der Waals surface area contributed by atoms with E-state index in [1.165, 1.54) is 5.56 Å². The number of rotatable bonds is 6. The summed E-state index contributed by atoms with van der Waals surface area (Å²) in [5.41, 5.74) is 8.58. The number of nitrogens with one attached hydrogen (secondary N) is 2. The highest BCUT2D eigenvalue weighted by Gasteiger charge is 2.03.